The molecule has 0 atom stereocenters. The van der Waals surface area contributed by atoms with Gasteiger partial charge in [-0.05, 0) is 49.1 Å². The highest BCUT2D eigenvalue weighted by Gasteiger charge is 2.08. The van der Waals surface area contributed by atoms with Crippen LogP contribution in [0.15, 0.2) is 53.5 Å². The van der Waals surface area contributed by atoms with Crippen molar-refractivity contribution >= 4 is 35.8 Å². The molecule has 2 rings (SSSR count). The van der Waals surface area contributed by atoms with Crippen LogP contribution in [0.1, 0.15) is 34.0 Å². The summed E-state index contributed by atoms with van der Waals surface area (Å²) < 4.78 is 0. The molecule has 0 fully saturated rings. The number of carbonyl (C=O) groups is 1. The molecule has 0 heterocycles. The highest BCUT2D eigenvalue weighted by atomic mass is 127. The fourth-order valence-electron chi connectivity index (χ4n) is 2.89. The number of carbonyl (C=O) groups excluding carboxylic acids is 1. The van der Waals surface area contributed by atoms with E-state index in [-0.39, 0.29) is 29.9 Å². The van der Waals surface area contributed by atoms with Crippen LogP contribution in [-0.4, -0.2) is 44.0 Å². The molecule has 2 aromatic rings. The Morgan fingerprint density at radius 1 is 1.14 bits per heavy atom. The number of hydrogen-bond acceptors (Lipinski definition) is 2. The summed E-state index contributed by atoms with van der Waals surface area (Å²) >= 11 is 0. The number of rotatable bonds is 7. The SMILES string of the molecule is CCNC(=NCCc1cccc(C(=O)NC)c1)N(C)Cc1ccccc1C.I. The molecule has 0 spiro atoms. The van der Waals surface area contributed by atoms with Gasteiger partial charge in [0.1, 0.15) is 0 Å². The van der Waals surface area contributed by atoms with E-state index < -0.39 is 0 Å². The second-order valence-electron chi connectivity index (χ2n) is 6.55. The number of benzene rings is 2. The van der Waals surface area contributed by atoms with Crippen LogP contribution in [0, 0.1) is 6.92 Å². The molecule has 0 saturated heterocycles. The molecule has 152 valence electrons. The Morgan fingerprint density at radius 2 is 1.89 bits per heavy atom. The predicted octanol–water partition coefficient (Wildman–Crippen LogP) is 3.61. The standard InChI is InChI=1S/C22H30N4O.HI/c1-5-24-22(26(4)16-20-11-7-6-9-17(20)2)25-14-13-18-10-8-12-19(15-18)21(27)23-3;/h6-12,15H,5,13-14,16H2,1-4H3,(H,23,27)(H,24,25);1H. The smallest absolute Gasteiger partial charge is 0.251 e. The van der Waals surface area contributed by atoms with Gasteiger partial charge in [-0.3, -0.25) is 9.79 Å². The average Bonchev–Trinajstić information content (AvgIpc) is 2.68. The maximum absolute atomic E-state index is 11.8. The molecule has 0 bridgehead atoms. The van der Waals surface area contributed by atoms with Gasteiger partial charge in [0.2, 0.25) is 0 Å². The average molecular weight is 494 g/mol. The van der Waals surface area contributed by atoms with E-state index in [2.05, 4.69) is 60.7 Å². The first-order chi connectivity index (χ1) is 13.0. The normalized spacial score (nSPS) is 10.8. The maximum Gasteiger partial charge on any atom is 0.251 e. The molecule has 0 radical (unpaired) electrons. The third-order valence-electron chi connectivity index (χ3n) is 4.44. The predicted molar refractivity (Wildman–Crippen MR) is 128 cm³/mol. The van der Waals surface area contributed by atoms with E-state index in [9.17, 15) is 4.79 Å². The third kappa shape index (κ3) is 7.14. The van der Waals surface area contributed by atoms with E-state index in [1.807, 2.05) is 24.3 Å². The number of amides is 1. The molecule has 2 N–H and O–H groups in total. The van der Waals surface area contributed by atoms with Crippen molar-refractivity contribution in [3.05, 3.63) is 70.8 Å². The van der Waals surface area contributed by atoms with Gasteiger partial charge in [0.25, 0.3) is 5.91 Å². The van der Waals surface area contributed by atoms with Crippen molar-refractivity contribution in [3.8, 4) is 0 Å². The van der Waals surface area contributed by atoms with Crippen molar-refractivity contribution in [1.29, 1.82) is 0 Å². The molecule has 1 amide bonds. The number of nitrogens with one attached hydrogen (secondary N) is 2. The molecule has 5 nitrogen and oxygen atoms in total. The molecule has 0 saturated carbocycles. The molecule has 2 aromatic carbocycles. The van der Waals surface area contributed by atoms with Crippen LogP contribution in [0.5, 0.6) is 0 Å². The third-order valence-corrected chi connectivity index (χ3v) is 4.44. The van der Waals surface area contributed by atoms with Crippen LogP contribution in [0.25, 0.3) is 0 Å². The van der Waals surface area contributed by atoms with Crippen LogP contribution in [0.2, 0.25) is 0 Å². The summed E-state index contributed by atoms with van der Waals surface area (Å²) in [7, 11) is 3.70. The lowest BCUT2D eigenvalue weighted by atomic mass is 10.1. The zero-order chi connectivity index (χ0) is 19.6. The number of aryl methyl sites for hydroxylation is 1. The lowest BCUT2D eigenvalue weighted by Crippen LogP contribution is -2.38. The Hall–Kier alpha value is -2.09. The first kappa shape index (κ1) is 23.9. The summed E-state index contributed by atoms with van der Waals surface area (Å²) in [6.45, 7) is 6.50. The Morgan fingerprint density at radius 3 is 2.57 bits per heavy atom. The van der Waals surface area contributed by atoms with Crippen LogP contribution in [-0.2, 0) is 13.0 Å². The molecular formula is C22H31IN4O. The summed E-state index contributed by atoms with van der Waals surface area (Å²) in [5.41, 5.74) is 4.37. The van der Waals surface area contributed by atoms with Gasteiger partial charge in [-0.15, -0.1) is 24.0 Å². The molecule has 0 aliphatic carbocycles. The van der Waals surface area contributed by atoms with Crippen molar-refractivity contribution < 1.29 is 4.79 Å². The first-order valence-corrected chi connectivity index (χ1v) is 9.40. The van der Waals surface area contributed by atoms with Crippen molar-refractivity contribution in [2.45, 2.75) is 26.8 Å². The van der Waals surface area contributed by atoms with E-state index in [1.165, 1.54) is 11.1 Å². The van der Waals surface area contributed by atoms with Crippen molar-refractivity contribution in [1.82, 2.24) is 15.5 Å². The quantitative estimate of drug-likeness (QED) is 0.351. The van der Waals surface area contributed by atoms with Gasteiger partial charge in [-0.2, -0.15) is 0 Å². The highest BCUT2D eigenvalue weighted by Crippen LogP contribution is 2.10. The molecule has 0 aromatic heterocycles. The number of halogens is 1. The second kappa shape index (κ2) is 12.4. The van der Waals surface area contributed by atoms with Gasteiger partial charge >= 0.3 is 0 Å². The van der Waals surface area contributed by atoms with Gasteiger partial charge in [0.05, 0.1) is 0 Å². The largest absolute Gasteiger partial charge is 0.357 e. The van der Waals surface area contributed by atoms with E-state index in [0.29, 0.717) is 12.1 Å². The van der Waals surface area contributed by atoms with Gasteiger partial charge in [0, 0.05) is 39.3 Å². The van der Waals surface area contributed by atoms with Crippen LogP contribution in [0.4, 0.5) is 0 Å². The highest BCUT2D eigenvalue weighted by molar-refractivity contribution is 14.0. The lowest BCUT2D eigenvalue weighted by molar-refractivity contribution is 0.0963. The molecule has 0 aliphatic heterocycles. The Bertz CT molecular complexity index is 792. The number of aliphatic imine (C=N–C) groups is 1. The fourth-order valence-corrected chi connectivity index (χ4v) is 2.89. The summed E-state index contributed by atoms with van der Waals surface area (Å²) in [4.78, 5) is 18.7. The minimum atomic E-state index is -0.0633. The summed E-state index contributed by atoms with van der Waals surface area (Å²) in [6, 6.07) is 16.1. The van der Waals surface area contributed by atoms with E-state index in [0.717, 1.165) is 31.0 Å². The van der Waals surface area contributed by atoms with Crippen molar-refractivity contribution in [2.75, 3.05) is 27.2 Å². The number of nitrogens with zero attached hydrogens (tertiary/aromatic N) is 2. The van der Waals surface area contributed by atoms with Gasteiger partial charge < -0.3 is 15.5 Å². The molecule has 6 heteroatoms. The van der Waals surface area contributed by atoms with Crippen molar-refractivity contribution in [2.24, 2.45) is 4.99 Å². The fraction of sp³-hybridized carbons (Fsp3) is 0.364. The van der Waals surface area contributed by atoms with Gasteiger partial charge in [-0.25, -0.2) is 0 Å². The summed E-state index contributed by atoms with van der Waals surface area (Å²) in [6.07, 6.45) is 0.790. The topological polar surface area (TPSA) is 56.7 Å². The number of guanidine groups is 1. The van der Waals surface area contributed by atoms with E-state index in [1.54, 1.807) is 7.05 Å². The summed E-state index contributed by atoms with van der Waals surface area (Å²) in [5, 5.41) is 6.02. The minimum Gasteiger partial charge on any atom is -0.357 e. The zero-order valence-electron chi connectivity index (χ0n) is 17.2. The van der Waals surface area contributed by atoms with Gasteiger partial charge in [-0.1, -0.05) is 36.4 Å². The second-order valence-corrected chi connectivity index (χ2v) is 6.55. The Labute approximate surface area is 185 Å². The minimum absolute atomic E-state index is 0. The Balaban J connectivity index is 0.00000392. The maximum atomic E-state index is 11.8. The van der Waals surface area contributed by atoms with E-state index in [4.69, 9.17) is 4.99 Å². The van der Waals surface area contributed by atoms with Crippen LogP contribution in [0.3, 0.4) is 0 Å². The van der Waals surface area contributed by atoms with Gasteiger partial charge in [0.15, 0.2) is 5.96 Å². The first-order valence-electron chi connectivity index (χ1n) is 9.40. The van der Waals surface area contributed by atoms with Crippen molar-refractivity contribution in [3.63, 3.8) is 0 Å². The number of hydrogen-bond donors (Lipinski definition) is 2. The molecular weight excluding hydrogens is 463 g/mol. The Kier molecular flexibility index (Phi) is 10.6. The molecule has 0 aliphatic rings. The van der Waals surface area contributed by atoms with E-state index >= 15 is 0 Å². The zero-order valence-corrected chi connectivity index (χ0v) is 19.5. The van der Waals surface area contributed by atoms with Crippen LogP contribution < -0.4 is 10.6 Å². The molecule has 0 unspecified atom stereocenters. The summed E-state index contributed by atoms with van der Waals surface area (Å²) in [5.74, 6) is 0.829. The lowest BCUT2D eigenvalue weighted by Gasteiger charge is -2.23. The van der Waals surface area contributed by atoms with Crippen LogP contribution >= 0.6 is 24.0 Å². The molecule has 28 heavy (non-hydrogen) atoms. The monoisotopic (exact) mass is 494 g/mol.